The van der Waals surface area contributed by atoms with E-state index in [1.807, 2.05) is 0 Å². The minimum absolute atomic E-state index is 0.0193. The average molecular weight is 352 g/mol. The number of ether oxygens (including phenoxy) is 1. The zero-order valence-electron chi connectivity index (χ0n) is 13.2. The molecule has 0 fully saturated rings. The minimum Gasteiger partial charge on any atom is -0.452 e. The van der Waals surface area contributed by atoms with Gasteiger partial charge in [-0.3, -0.25) is 14.4 Å². The Morgan fingerprint density at radius 2 is 2.08 bits per heavy atom. The standard InChI is InChI=1S/C16H17FN2O4S/c1-10-9-24-16(22)19(10)8-7-14(20)23-11(2)15(21)18-13-6-4-3-5-12(13)17/h3-6,9,11H,7-8H2,1-2H3,(H,18,21)/t11-/m0/s1. The van der Waals surface area contributed by atoms with Crippen molar-refractivity contribution in [3.05, 3.63) is 50.8 Å². The number of para-hydroxylation sites is 1. The summed E-state index contributed by atoms with van der Waals surface area (Å²) in [4.78, 5) is 35.1. The van der Waals surface area contributed by atoms with Gasteiger partial charge in [-0.25, -0.2) is 4.39 Å². The summed E-state index contributed by atoms with van der Waals surface area (Å²) in [5.74, 6) is -1.81. The highest BCUT2D eigenvalue weighted by Crippen LogP contribution is 2.13. The second-order valence-electron chi connectivity index (χ2n) is 5.15. The lowest BCUT2D eigenvalue weighted by atomic mass is 10.3. The summed E-state index contributed by atoms with van der Waals surface area (Å²) in [6, 6.07) is 5.71. The van der Waals surface area contributed by atoms with Crippen molar-refractivity contribution in [1.29, 1.82) is 0 Å². The zero-order chi connectivity index (χ0) is 17.7. The Morgan fingerprint density at radius 3 is 2.71 bits per heavy atom. The van der Waals surface area contributed by atoms with Crippen LogP contribution in [0.4, 0.5) is 10.1 Å². The fraction of sp³-hybridized carbons (Fsp3) is 0.312. The van der Waals surface area contributed by atoms with Crippen LogP contribution in [0.3, 0.4) is 0 Å². The second kappa shape index (κ2) is 7.87. The third-order valence-electron chi connectivity index (χ3n) is 3.33. The predicted octanol–water partition coefficient (Wildman–Crippen LogP) is 2.32. The number of amides is 1. The van der Waals surface area contributed by atoms with Crippen molar-refractivity contribution in [2.45, 2.75) is 32.9 Å². The van der Waals surface area contributed by atoms with Gasteiger partial charge >= 0.3 is 10.8 Å². The molecule has 1 aromatic heterocycles. The molecule has 2 rings (SSSR count). The number of nitrogens with one attached hydrogen (secondary N) is 1. The molecular weight excluding hydrogens is 335 g/mol. The lowest BCUT2D eigenvalue weighted by Gasteiger charge is -2.14. The molecule has 2 aromatic rings. The molecular formula is C16H17FN2O4S. The number of benzene rings is 1. The van der Waals surface area contributed by atoms with Crippen molar-refractivity contribution in [1.82, 2.24) is 4.57 Å². The SMILES string of the molecule is Cc1csc(=O)n1CCC(=O)O[C@@H](C)C(=O)Nc1ccccc1F. The number of halogens is 1. The first-order valence-corrected chi connectivity index (χ1v) is 8.16. The smallest absolute Gasteiger partial charge is 0.308 e. The molecule has 0 bridgehead atoms. The molecule has 0 radical (unpaired) electrons. The molecule has 1 amide bonds. The van der Waals surface area contributed by atoms with Crippen LogP contribution in [0.25, 0.3) is 0 Å². The van der Waals surface area contributed by atoms with Gasteiger partial charge in [0.15, 0.2) is 6.10 Å². The van der Waals surface area contributed by atoms with Gasteiger partial charge in [0, 0.05) is 17.6 Å². The monoisotopic (exact) mass is 352 g/mol. The number of esters is 1. The van der Waals surface area contributed by atoms with E-state index in [9.17, 15) is 18.8 Å². The molecule has 0 unspecified atom stereocenters. The van der Waals surface area contributed by atoms with E-state index in [-0.39, 0.29) is 23.5 Å². The highest BCUT2D eigenvalue weighted by Gasteiger charge is 2.19. The maximum atomic E-state index is 13.5. The molecule has 0 saturated carbocycles. The van der Waals surface area contributed by atoms with E-state index in [1.54, 1.807) is 18.4 Å². The highest BCUT2D eigenvalue weighted by molar-refractivity contribution is 7.07. The molecule has 1 atom stereocenters. The maximum Gasteiger partial charge on any atom is 0.308 e. The van der Waals surface area contributed by atoms with Crippen molar-refractivity contribution < 1.29 is 18.7 Å². The number of nitrogens with zero attached hydrogens (tertiary/aromatic N) is 1. The first-order chi connectivity index (χ1) is 11.4. The van der Waals surface area contributed by atoms with Gasteiger partial charge in [0.1, 0.15) is 5.82 Å². The number of thiazole rings is 1. The van der Waals surface area contributed by atoms with Crippen molar-refractivity contribution in [2.24, 2.45) is 0 Å². The lowest BCUT2D eigenvalue weighted by molar-refractivity contribution is -0.153. The molecule has 6 nitrogen and oxygen atoms in total. The predicted molar refractivity (Wildman–Crippen MR) is 88.5 cm³/mol. The van der Waals surface area contributed by atoms with Gasteiger partial charge in [0.05, 0.1) is 12.1 Å². The maximum absolute atomic E-state index is 13.5. The molecule has 0 aliphatic rings. The first kappa shape index (κ1) is 17.9. The Balaban J connectivity index is 1.86. The molecule has 1 N–H and O–H groups in total. The Hall–Kier alpha value is -2.48. The normalized spacial score (nSPS) is 11.8. The minimum atomic E-state index is -1.07. The molecule has 1 aromatic carbocycles. The second-order valence-corrected chi connectivity index (χ2v) is 5.97. The number of carbonyl (C=O) groups excluding carboxylic acids is 2. The summed E-state index contributed by atoms with van der Waals surface area (Å²) < 4.78 is 20.0. The molecule has 0 saturated heterocycles. The number of hydrogen-bond acceptors (Lipinski definition) is 5. The fourth-order valence-electron chi connectivity index (χ4n) is 1.98. The quantitative estimate of drug-likeness (QED) is 0.810. The Morgan fingerprint density at radius 1 is 1.38 bits per heavy atom. The van der Waals surface area contributed by atoms with Crippen LogP contribution in [-0.2, 0) is 20.9 Å². The topological polar surface area (TPSA) is 77.4 Å². The van der Waals surface area contributed by atoms with E-state index in [0.29, 0.717) is 0 Å². The largest absolute Gasteiger partial charge is 0.452 e. The Kier molecular flexibility index (Phi) is 5.86. The molecule has 0 aliphatic carbocycles. The van der Waals surface area contributed by atoms with Gasteiger partial charge in [0.2, 0.25) is 0 Å². The van der Waals surface area contributed by atoms with Crippen LogP contribution in [0.15, 0.2) is 34.4 Å². The van der Waals surface area contributed by atoms with E-state index < -0.39 is 23.8 Å². The summed E-state index contributed by atoms with van der Waals surface area (Å²) in [6.07, 6.45) is -1.10. The number of aromatic nitrogens is 1. The van der Waals surface area contributed by atoms with Crippen molar-refractivity contribution in [3.8, 4) is 0 Å². The summed E-state index contributed by atoms with van der Waals surface area (Å²) in [6.45, 7) is 3.36. The van der Waals surface area contributed by atoms with Gasteiger partial charge in [-0.15, -0.1) is 0 Å². The van der Waals surface area contributed by atoms with Crippen LogP contribution in [0, 0.1) is 12.7 Å². The first-order valence-electron chi connectivity index (χ1n) is 7.28. The summed E-state index contributed by atoms with van der Waals surface area (Å²) >= 11 is 1.06. The van der Waals surface area contributed by atoms with Crippen molar-refractivity contribution in [3.63, 3.8) is 0 Å². The molecule has 1 heterocycles. The van der Waals surface area contributed by atoms with E-state index >= 15 is 0 Å². The van der Waals surface area contributed by atoms with Gasteiger partial charge in [0.25, 0.3) is 5.91 Å². The van der Waals surface area contributed by atoms with E-state index in [0.717, 1.165) is 17.0 Å². The van der Waals surface area contributed by atoms with E-state index in [2.05, 4.69) is 5.32 Å². The fourth-order valence-corrected chi connectivity index (χ4v) is 2.75. The van der Waals surface area contributed by atoms with Crippen LogP contribution in [0.5, 0.6) is 0 Å². The summed E-state index contributed by atoms with van der Waals surface area (Å²) in [7, 11) is 0. The van der Waals surface area contributed by atoms with Crippen molar-refractivity contribution in [2.75, 3.05) is 5.32 Å². The van der Waals surface area contributed by atoms with Crippen molar-refractivity contribution >= 4 is 28.9 Å². The summed E-state index contributed by atoms with van der Waals surface area (Å²) in [5.41, 5.74) is 0.786. The van der Waals surface area contributed by atoms with E-state index in [1.165, 1.54) is 29.7 Å². The highest BCUT2D eigenvalue weighted by atomic mass is 32.1. The van der Waals surface area contributed by atoms with Crippen LogP contribution in [0.2, 0.25) is 0 Å². The third-order valence-corrected chi connectivity index (χ3v) is 4.21. The number of rotatable bonds is 6. The number of carbonyl (C=O) groups is 2. The van der Waals surface area contributed by atoms with Gasteiger partial charge in [-0.2, -0.15) is 0 Å². The molecule has 0 aliphatic heterocycles. The van der Waals surface area contributed by atoms with Crippen LogP contribution < -0.4 is 10.2 Å². The lowest BCUT2D eigenvalue weighted by Crippen LogP contribution is -2.30. The number of aryl methyl sites for hydroxylation is 1. The zero-order valence-corrected chi connectivity index (χ0v) is 14.1. The molecule has 24 heavy (non-hydrogen) atoms. The van der Waals surface area contributed by atoms with Gasteiger partial charge in [-0.1, -0.05) is 23.5 Å². The number of hydrogen-bond donors (Lipinski definition) is 1. The van der Waals surface area contributed by atoms with E-state index in [4.69, 9.17) is 4.74 Å². The third kappa shape index (κ3) is 4.51. The van der Waals surface area contributed by atoms with Crippen LogP contribution in [-0.4, -0.2) is 22.5 Å². The molecule has 128 valence electrons. The van der Waals surface area contributed by atoms with Gasteiger partial charge in [-0.05, 0) is 26.0 Å². The Labute approximate surface area is 141 Å². The van der Waals surface area contributed by atoms with Crippen LogP contribution >= 0.6 is 11.3 Å². The molecule has 8 heteroatoms. The average Bonchev–Trinajstić information content (AvgIpc) is 2.86. The Bertz CT molecular complexity index is 799. The number of anilines is 1. The summed E-state index contributed by atoms with van der Waals surface area (Å²) in [5, 5.41) is 4.07. The molecule has 0 spiro atoms. The van der Waals surface area contributed by atoms with Crippen LogP contribution in [0.1, 0.15) is 19.0 Å². The van der Waals surface area contributed by atoms with Gasteiger partial charge < -0.3 is 14.6 Å².